The third-order valence-electron chi connectivity index (χ3n) is 3.21. The number of hydrogen-bond donors (Lipinski definition) is 0. The summed E-state index contributed by atoms with van der Waals surface area (Å²) in [6, 6.07) is 4.17. The van der Waals surface area contributed by atoms with Gasteiger partial charge in [0.25, 0.3) is 0 Å². The topological polar surface area (TPSA) is 54.1 Å². The van der Waals surface area contributed by atoms with E-state index in [0.717, 1.165) is 5.70 Å². The summed E-state index contributed by atoms with van der Waals surface area (Å²) in [5.41, 5.74) is 2.87. The van der Waals surface area contributed by atoms with Crippen molar-refractivity contribution in [3.63, 3.8) is 0 Å². The second-order valence-corrected chi connectivity index (χ2v) is 3.87. The zero-order valence-corrected chi connectivity index (χ0v) is 9.02. The number of allylic oxidation sites excluding steroid dienone is 2. The van der Waals surface area contributed by atoms with Crippen LogP contribution in [0.25, 0.3) is 0 Å². The van der Waals surface area contributed by atoms with Crippen LogP contribution in [0.2, 0.25) is 0 Å². The molecular weight excluding hydrogens is 188 g/mol. The van der Waals surface area contributed by atoms with E-state index in [9.17, 15) is 0 Å². The van der Waals surface area contributed by atoms with Crippen molar-refractivity contribution in [2.45, 2.75) is 32.9 Å². The minimum absolute atomic E-state index is 0.175. The Morgan fingerprint density at radius 1 is 1.27 bits per heavy atom. The van der Waals surface area contributed by atoms with Crippen LogP contribution < -0.4 is 0 Å². The molecule has 0 spiro atoms. The molecule has 0 bridgehead atoms. The zero-order valence-electron chi connectivity index (χ0n) is 9.02. The number of nitrogens with zero attached hydrogens (tertiary/aromatic N) is 4. The third-order valence-corrected chi connectivity index (χ3v) is 3.21. The molecule has 0 aliphatic carbocycles. The molecule has 0 fully saturated rings. The second-order valence-electron chi connectivity index (χ2n) is 3.87. The Morgan fingerprint density at radius 2 is 1.93 bits per heavy atom. The lowest BCUT2D eigenvalue weighted by atomic mass is 10.1. The van der Waals surface area contributed by atoms with Gasteiger partial charge in [0, 0.05) is 5.70 Å². The van der Waals surface area contributed by atoms with Gasteiger partial charge in [-0.2, -0.15) is 10.5 Å². The van der Waals surface area contributed by atoms with Crippen LogP contribution in [0.15, 0.2) is 23.0 Å². The van der Waals surface area contributed by atoms with Gasteiger partial charge in [0.1, 0.15) is 11.8 Å². The van der Waals surface area contributed by atoms with Crippen LogP contribution in [0.4, 0.5) is 0 Å². The van der Waals surface area contributed by atoms with Crippen molar-refractivity contribution in [3.8, 4) is 12.1 Å². The summed E-state index contributed by atoms with van der Waals surface area (Å²) < 4.78 is 0. The number of hydrazine groups is 1. The van der Waals surface area contributed by atoms with Crippen molar-refractivity contribution in [2.24, 2.45) is 0 Å². The van der Waals surface area contributed by atoms with E-state index in [0.29, 0.717) is 5.70 Å². The van der Waals surface area contributed by atoms with Gasteiger partial charge in [-0.25, -0.2) is 0 Å². The van der Waals surface area contributed by atoms with E-state index >= 15 is 0 Å². The standard InChI is InChI=1S/C11H12N4/c1-7-8(2)14-10(5-12)4-11(6-13)15(14)9(7)3/h4,8,11H,1-3H3. The Morgan fingerprint density at radius 3 is 2.47 bits per heavy atom. The van der Waals surface area contributed by atoms with Crippen LogP contribution in [0.5, 0.6) is 0 Å². The summed E-state index contributed by atoms with van der Waals surface area (Å²) in [4.78, 5) is 0. The molecule has 0 aromatic rings. The quantitative estimate of drug-likeness (QED) is 0.594. The van der Waals surface area contributed by atoms with E-state index in [1.165, 1.54) is 5.57 Å². The van der Waals surface area contributed by atoms with Crippen LogP contribution >= 0.6 is 0 Å². The monoisotopic (exact) mass is 200 g/mol. The molecule has 15 heavy (non-hydrogen) atoms. The van der Waals surface area contributed by atoms with Gasteiger partial charge in [0.2, 0.25) is 0 Å². The summed E-state index contributed by atoms with van der Waals surface area (Å²) in [6.45, 7) is 6.08. The fourth-order valence-corrected chi connectivity index (χ4v) is 2.16. The maximum absolute atomic E-state index is 9.02. The Labute approximate surface area is 89.3 Å². The highest BCUT2D eigenvalue weighted by Gasteiger charge is 2.41. The average molecular weight is 200 g/mol. The summed E-state index contributed by atoms with van der Waals surface area (Å²) in [5, 5.41) is 21.8. The molecule has 2 unspecified atom stereocenters. The van der Waals surface area contributed by atoms with Crippen molar-refractivity contribution in [1.82, 2.24) is 10.0 Å². The van der Waals surface area contributed by atoms with Gasteiger partial charge in [-0.15, -0.1) is 0 Å². The van der Waals surface area contributed by atoms with Gasteiger partial charge < -0.3 is 0 Å². The molecule has 4 nitrogen and oxygen atoms in total. The first kappa shape index (κ1) is 9.61. The maximum Gasteiger partial charge on any atom is 0.158 e. The highest BCUT2D eigenvalue weighted by molar-refractivity contribution is 5.38. The van der Waals surface area contributed by atoms with Crippen LogP contribution in [-0.4, -0.2) is 22.1 Å². The van der Waals surface area contributed by atoms with Crippen LogP contribution in [0, 0.1) is 22.7 Å². The van der Waals surface area contributed by atoms with Gasteiger partial charge in [-0.1, -0.05) is 0 Å². The van der Waals surface area contributed by atoms with Crippen molar-refractivity contribution >= 4 is 0 Å². The molecule has 0 saturated carbocycles. The number of hydrogen-bond acceptors (Lipinski definition) is 4. The van der Waals surface area contributed by atoms with Gasteiger partial charge in [-0.3, -0.25) is 10.0 Å². The lowest BCUT2D eigenvalue weighted by Crippen LogP contribution is -2.39. The van der Waals surface area contributed by atoms with E-state index in [1.807, 2.05) is 30.8 Å². The number of nitriles is 2. The smallest absolute Gasteiger partial charge is 0.158 e. The van der Waals surface area contributed by atoms with Gasteiger partial charge in [0.15, 0.2) is 6.04 Å². The number of fused-ring (bicyclic) bond motifs is 1. The molecule has 2 aliphatic heterocycles. The summed E-state index contributed by atoms with van der Waals surface area (Å²) >= 11 is 0. The lowest BCUT2D eigenvalue weighted by molar-refractivity contribution is 0.0698. The molecule has 0 saturated heterocycles. The summed E-state index contributed by atoms with van der Waals surface area (Å²) in [6.07, 6.45) is 1.71. The Bertz CT molecular complexity index is 446. The van der Waals surface area contributed by atoms with Gasteiger partial charge in [-0.05, 0) is 32.4 Å². The Hall–Kier alpha value is -1.94. The van der Waals surface area contributed by atoms with E-state index in [1.54, 1.807) is 6.08 Å². The molecule has 2 aliphatic rings. The Kier molecular flexibility index (Phi) is 1.94. The van der Waals surface area contributed by atoms with E-state index in [-0.39, 0.29) is 12.1 Å². The zero-order chi connectivity index (χ0) is 11.2. The molecule has 0 radical (unpaired) electrons. The highest BCUT2D eigenvalue weighted by Crippen LogP contribution is 2.37. The number of rotatable bonds is 0. The Balaban J connectivity index is 2.47. The molecule has 76 valence electrons. The fraction of sp³-hybridized carbons (Fsp3) is 0.455. The van der Waals surface area contributed by atoms with Crippen molar-refractivity contribution in [3.05, 3.63) is 23.0 Å². The molecular formula is C11H12N4. The van der Waals surface area contributed by atoms with Gasteiger partial charge in [0.05, 0.1) is 12.1 Å². The second kappa shape index (κ2) is 3.03. The molecule has 2 heterocycles. The summed E-state index contributed by atoms with van der Waals surface area (Å²) in [7, 11) is 0. The lowest BCUT2D eigenvalue weighted by Gasteiger charge is -2.30. The minimum Gasteiger partial charge on any atom is -0.267 e. The third kappa shape index (κ3) is 1.05. The van der Waals surface area contributed by atoms with E-state index in [2.05, 4.69) is 12.1 Å². The van der Waals surface area contributed by atoms with Crippen LogP contribution in [0.1, 0.15) is 20.8 Å². The highest BCUT2D eigenvalue weighted by atomic mass is 15.7. The van der Waals surface area contributed by atoms with Crippen LogP contribution in [-0.2, 0) is 0 Å². The largest absolute Gasteiger partial charge is 0.267 e. The molecule has 4 heteroatoms. The fourth-order valence-electron chi connectivity index (χ4n) is 2.16. The predicted molar refractivity (Wildman–Crippen MR) is 54.6 cm³/mol. The first-order valence-corrected chi connectivity index (χ1v) is 4.89. The normalized spacial score (nSPS) is 28.7. The predicted octanol–water partition coefficient (Wildman–Crippen LogP) is 1.51. The maximum atomic E-state index is 9.02. The molecule has 2 rings (SSSR count). The van der Waals surface area contributed by atoms with Crippen molar-refractivity contribution in [1.29, 1.82) is 10.5 Å². The van der Waals surface area contributed by atoms with E-state index in [4.69, 9.17) is 10.5 Å². The first-order valence-electron chi connectivity index (χ1n) is 4.89. The molecule has 2 atom stereocenters. The van der Waals surface area contributed by atoms with Crippen LogP contribution in [0.3, 0.4) is 0 Å². The van der Waals surface area contributed by atoms with Crippen molar-refractivity contribution in [2.75, 3.05) is 0 Å². The summed E-state index contributed by atoms with van der Waals surface area (Å²) in [5.74, 6) is 0. The molecule has 0 amide bonds. The molecule has 0 N–H and O–H groups in total. The van der Waals surface area contributed by atoms with E-state index < -0.39 is 0 Å². The minimum atomic E-state index is -0.334. The molecule has 0 aromatic heterocycles. The average Bonchev–Trinajstić information content (AvgIpc) is 2.72. The first-order chi connectivity index (χ1) is 7.11. The molecule has 0 aromatic carbocycles. The SMILES string of the molecule is CC1=C(C)N2C(C#N)C=C(C#N)N2C1C. The van der Waals surface area contributed by atoms with Gasteiger partial charge >= 0.3 is 0 Å². The van der Waals surface area contributed by atoms with Crippen molar-refractivity contribution < 1.29 is 0 Å².